The van der Waals surface area contributed by atoms with Crippen LogP contribution in [-0.4, -0.2) is 166 Å². The van der Waals surface area contributed by atoms with Crippen molar-refractivity contribution in [2.45, 2.75) is 153 Å². The number of aliphatic hydroxyl groups excluding tert-OH is 3. The van der Waals surface area contributed by atoms with Gasteiger partial charge in [-0.05, 0) is 66.1 Å². The Kier molecular flexibility index (Phi) is 19.0. The Bertz CT molecular complexity index is 1380. The van der Waals surface area contributed by atoms with Crippen LogP contribution in [0.15, 0.2) is 36.5 Å². The summed E-state index contributed by atoms with van der Waals surface area (Å²) in [6, 6.07) is -0.672. The quantitative estimate of drug-likeness (QED) is 0.216. The molecule has 3 N–H and O–H groups in total. The molecular weight excluding hydrogens is 754 g/mol. The van der Waals surface area contributed by atoms with Crippen molar-refractivity contribution in [2.24, 2.45) is 23.7 Å². The molecule has 3 saturated heterocycles. The largest absolute Gasteiger partial charge is 0.462 e. The summed E-state index contributed by atoms with van der Waals surface area (Å²) in [4.78, 5) is 29.7. The number of aliphatic hydroxyl groups is 3. The minimum atomic E-state index is -1.21. The molecule has 15 nitrogen and oxygen atoms in total. The lowest BCUT2D eigenvalue weighted by atomic mass is 9.79. The maximum atomic E-state index is 14.2. The normalized spacial score (nSPS) is 44.3. The van der Waals surface area contributed by atoms with Gasteiger partial charge in [-0.3, -0.25) is 9.59 Å². The number of ether oxygens (including phenoxy) is 9. The van der Waals surface area contributed by atoms with E-state index in [0.29, 0.717) is 25.9 Å². The molecule has 4 aliphatic rings. The van der Waals surface area contributed by atoms with Gasteiger partial charge < -0.3 is 62.9 Å². The van der Waals surface area contributed by atoms with Crippen LogP contribution in [0.25, 0.3) is 0 Å². The molecule has 4 rings (SSSR count). The number of carbonyl (C=O) groups is 2. The number of esters is 1. The molecule has 0 aromatic rings. The molecule has 0 aromatic carbocycles. The van der Waals surface area contributed by atoms with Gasteiger partial charge in [-0.2, -0.15) is 0 Å². The standard InChI is InChI=1S/C43H71NO14/c1-12-30-22-52-17-16-28-19-24(4)31(45)15-14-23(3)18-29(21-53-43-41(51-11)40(50-10)37(48)27(7)55-43)32(13-2)57-34(46)20-33(56-30)25(5)39(28)58-42-38(49)35(44(8)9)36(47)26(6)54-42/h12,14-15,18,24-30,32-33,35-43,47-49H,1,13,16-17,19-22H2,2-11H3/b15-14+,23-18+/t24-,25+,26?,27?,28+,29-,30?,32-,33-,35?,36+,37+,38?,39-,40+,41?,42+,43-/m1/s1. The molecule has 4 aliphatic heterocycles. The summed E-state index contributed by atoms with van der Waals surface area (Å²) in [5.74, 6) is -2.25. The van der Waals surface area contributed by atoms with E-state index in [-0.39, 0.29) is 31.3 Å². The number of hydrogen-bond acceptors (Lipinski definition) is 15. The molecule has 0 spiro atoms. The first-order valence-corrected chi connectivity index (χ1v) is 20.8. The van der Waals surface area contributed by atoms with E-state index in [1.54, 1.807) is 51.1 Å². The second kappa shape index (κ2) is 22.6. The molecule has 0 saturated carbocycles. The molecule has 6 unspecified atom stereocenters. The first-order valence-electron chi connectivity index (χ1n) is 20.8. The molecule has 18 atom stereocenters. The number of likely N-dealkylation sites (N-methyl/N-ethyl adjacent to an activating group) is 1. The van der Waals surface area contributed by atoms with Gasteiger partial charge in [0.15, 0.2) is 18.4 Å². The number of ketones is 1. The Morgan fingerprint density at radius 3 is 2.22 bits per heavy atom. The molecule has 15 heteroatoms. The van der Waals surface area contributed by atoms with Crippen LogP contribution >= 0.6 is 0 Å². The average molecular weight is 826 g/mol. The van der Waals surface area contributed by atoms with Crippen LogP contribution in [0.1, 0.15) is 67.2 Å². The Morgan fingerprint density at radius 2 is 1.59 bits per heavy atom. The number of carbonyl (C=O) groups excluding carboxylic acids is 2. The van der Waals surface area contributed by atoms with Crippen LogP contribution in [0.3, 0.4) is 0 Å². The van der Waals surface area contributed by atoms with Crippen molar-refractivity contribution in [3.05, 3.63) is 36.5 Å². The van der Waals surface area contributed by atoms with Crippen molar-refractivity contribution in [2.75, 3.05) is 48.1 Å². The maximum absolute atomic E-state index is 14.2. The number of rotatable bonds is 10. The van der Waals surface area contributed by atoms with Crippen molar-refractivity contribution in [1.29, 1.82) is 0 Å². The minimum absolute atomic E-state index is 0.0552. The zero-order valence-corrected chi connectivity index (χ0v) is 36.1. The van der Waals surface area contributed by atoms with E-state index >= 15 is 0 Å². The first-order chi connectivity index (χ1) is 27.5. The topological polar surface area (TPSA) is 181 Å². The third-order valence-electron chi connectivity index (χ3n) is 12.2. The van der Waals surface area contributed by atoms with Crippen molar-refractivity contribution < 1.29 is 67.5 Å². The van der Waals surface area contributed by atoms with E-state index in [1.165, 1.54) is 14.2 Å². The third kappa shape index (κ3) is 12.3. The highest BCUT2D eigenvalue weighted by Gasteiger charge is 2.48. The summed E-state index contributed by atoms with van der Waals surface area (Å²) in [5, 5.41) is 33.2. The van der Waals surface area contributed by atoms with E-state index in [0.717, 1.165) is 5.57 Å². The molecular formula is C43H71NO14. The summed E-state index contributed by atoms with van der Waals surface area (Å²) in [6.07, 6.45) is -2.34. The van der Waals surface area contributed by atoms with Gasteiger partial charge in [-0.15, -0.1) is 6.58 Å². The SMILES string of the molecule is C=CC1COCC[C@H]2C[C@@H](C)C(=O)/C=C/C(C)=C/[C@H](CO[C@@H]3OC(C)[C@H](O)[C@H](OC)C3OC)[C@@H](CC)OC(=O)C[C@@H](O1)[C@H](C)[C@H]2O[C@@H]1OC(C)[C@H](O)C(N(C)C)C1O. The van der Waals surface area contributed by atoms with Gasteiger partial charge >= 0.3 is 5.97 Å². The Balaban J connectivity index is 1.72. The molecule has 0 radical (unpaired) electrons. The molecule has 0 amide bonds. The molecule has 3 fully saturated rings. The third-order valence-corrected chi connectivity index (χ3v) is 12.2. The van der Waals surface area contributed by atoms with Gasteiger partial charge in [0.05, 0.1) is 62.3 Å². The number of cyclic esters (lactones) is 1. The van der Waals surface area contributed by atoms with Crippen LogP contribution in [0.2, 0.25) is 0 Å². The number of nitrogens with zero attached hydrogens (tertiary/aromatic N) is 1. The second-order valence-corrected chi connectivity index (χ2v) is 16.7. The molecule has 332 valence electrons. The van der Waals surface area contributed by atoms with Gasteiger partial charge in [0.2, 0.25) is 0 Å². The maximum Gasteiger partial charge on any atom is 0.308 e. The Hall–Kier alpha value is -2.12. The smallest absolute Gasteiger partial charge is 0.308 e. The van der Waals surface area contributed by atoms with Crippen LogP contribution in [0, 0.1) is 23.7 Å². The van der Waals surface area contributed by atoms with E-state index in [2.05, 4.69) is 6.58 Å². The van der Waals surface area contributed by atoms with Crippen LogP contribution < -0.4 is 0 Å². The lowest BCUT2D eigenvalue weighted by Crippen LogP contribution is -2.63. The fraction of sp³-hybridized carbons (Fsp3) is 0.814. The highest BCUT2D eigenvalue weighted by molar-refractivity contribution is 5.91. The fourth-order valence-electron chi connectivity index (χ4n) is 8.67. The Labute approximate surface area is 344 Å². The lowest BCUT2D eigenvalue weighted by molar-refractivity contribution is -0.306. The zero-order valence-electron chi connectivity index (χ0n) is 36.1. The molecule has 0 aromatic heterocycles. The summed E-state index contributed by atoms with van der Waals surface area (Å²) in [5.41, 5.74) is 0.765. The minimum Gasteiger partial charge on any atom is -0.462 e. The van der Waals surface area contributed by atoms with Crippen LogP contribution in [0.5, 0.6) is 0 Å². The highest BCUT2D eigenvalue weighted by atomic mass is 16.7. The summed E-state index contributed by atoms with van der Waals surface area (Å²) in [6.45, 7) is 15.6. The van der Waals surface area contributed by atoms with Crippen molar-refractivity contribution >= 4 is 11.8 Å². The van der Waals surface area contributed by atoms with Gasteiger partial charge in [-0.25, -0.2) is 0 Å². The van der Waals surface area contributed by atoms with Crippen molar-refractivity contribution in [1.82, 2.24) is 4.90 Å². The number of methoxy groups -OCH3 is 2. The predicted octanol–water partition coefficient (Wildman–Crippen LogP) is 2.97. The number of allylic oxidation sites excluding steroid dienone is 3. The molecule has 58 heavy (non-hydrogen) atoms. The number of hydrogen-bond donors (Lipinski definition) is 3. The monoisotopic (exact) mass is 825 g/mol. The van der Waals surface area contributed by atoms with Crippen molar-refractivity contribution in [3.63, 3.8) is 0 Å². The van der Waals surface area contributed by atoms with Crippen LogP contribution in [0.4, 0.5) is 0 Å². The fourth-order valence-corrected chi connectivity index (χ4v) is 8.67. The van der Waals surface area contributed by atoms with Gasteiger partial charge in [0.1, 0.15) is 30.5 Å². The van der Waals surface area contributed by atoms with Gasteiger partial charge in [-0.1, -0.05) is 44.6 Å². The highest BCUT2D eigenvalue weighted by Crippen LogP contribution is 2.36. The van der Waals surface area contributed by atoms with E-state index in [1.807, 2.05) is 33.8 Å². The van der Waals surface area contributed by atoms with E-state index in [9.17, 15) is 24.9 Å². The summed E-state index contributed by atoms with van der Waals surface area (Å²) >= 11 is 0. The first kappa shape index (κ1) is 48.5. The number of fused-ring (bicyclic) bond motifs is 3. The summed E-state index contributed by atoms with van der Waals surface area (Å²) in [7, 11) is 6.54. The molecule has 4 heterocycles. The Morgan fingerprint density at radius 1 is 0.914 bits per heavy atom. The summed E-state index contributed by atoms with van der Waals surface area (Å²) < 4.78 is 55.4. The molecule has 0 aliphatic carbocycles. The van der Waals surface area contributed by atoms with Crippen molar-refractivity contribution in [3.8, 4) is 0 Å². The van der Waals surface area contributed by atoms with Gasteiger partial charge in [0, 0.05) is 38.6 Å². The average Bonchev–Trinajstić information content (AvgIpc) is 3.18. The van der Waals surface area contributed by atoms with Gasteiger partial charge in [0.25, 0.3) is 0 Å². The molecule has 2 bridgehead atoms. The second-order valence-electron chi connectivity index (χ2n) is 16.7. The lowest BCUT2D eigenvalue weighted by Gasteiger charge is -2.47. The predicted molar refractivity (Wildman–Crippen MR) is 213 cm³/mol. The zero-order chi connectivity index (χ0) is 42.8. The van der Waals surface area contributed by atoms with E-state index < -0.39 is 109 Å². The van der Waals surface area contributed by atoms with Crippen LogP contribution in [-0.2, 0) is 52.2 Å². The van der Waals surface area contributed by atoms with E-state index in [4.69, 9.17) is 42.6 Å².